The van der Waals surface area contributed by atoms with Crippen LogP contribution in [0.15, 0.2) is 18.2 Å². The molecule has 0 spiro atoms. The number of carbonyl (C=O) groups is 1. The maximum atomic E-state index is 11.3. The monoisotopic (exact) mass is 263 g/mol. The van der Waals surface area contributed by atoms with E-state index in [9.17, 15) is 9.90 Å². The highest BCUT2D eigenvalue weighted by Gasteiger charge is 2.22. The minimum Gasteiger partial charge on any atom is -0.478 e. The third kappa shape index (κ3) is 3.17. The lowest BCUT2D eigenvalue weighted by atomic mass is 10.1. The zero-order valence-corrected chi connectivity index (χ0v) is 11.5. The molecule has 1 unspecified atom stereocenters. The van der Waals surface area contributed by atoms with Gasteiger partial charge in [-0.2, -0.15) is 0 Å². The number of likely N-dealkylation sites (tertiary alicyclic amines) is 1. The lowest BCUT2D eigenvalue weighted by molar-refractivity contribution is 0.0697. The molecule has 0 bridgehead atoms. The van der Waals surface area contributed by atoms with Crippen LogP contribution >= 0.6 is 0 Å². The Balaban J connectivity index is 2.14. The van der Waals surface area contributed by atoms with Crippen LogP contribution in [-0.4, -0.2) is 49.7 Å². The number of carboxylic acid groups (broad SMARTS) is 1. The number of nitrogen functional groups attached to an aromatic ring is 1. The zero-order valence-electron chi connectivity index (χ0n) is 11.5. The van der Waals surface area contributed by atoms with Crippen molar-refractivity contribution < 1.29 is 9.90 Å². The van der Waals surface area contributed by atoms with Crippen LogP contribution in [0.4, 0.5) is 11.4 Å². The van der Waals surface area contributed by atoms with Gasteiger partial charge in [0.1, 0.15) is 0 Å². The van der Waals surface area contributed by atoms with E-state index in [1.807, 2.05) is 11.9 Å². The Kier molecular flexibility index (Phi) is 3.95. The zero-order chi connectivity index (χ0) is 14.0. The summed E-state index contributed by atoms with van der Waals surface area (Å²) in [5.41, 5.74) is 7.15. The van der Waals surface area contributed by atoms with Crippen molar-refractivity contribution in [3.8, 4) is 0 Å². The molecule has 0 saturated carbocycles. The van der Waals surface area contributed by atoms with Crippen molar-refractivity contribution in [3.63, 3.8) is 0 Å². The summed E-state index contributed by atoms with van der Waals surface area (Å²) < 4.78 is 0. The van der Waals surface area contributed by atoms with E-state index in [4.69, 9.17) is 5.73 Å². The second-order valence-corrected chi connectivity index (χ2v) is 5.38. The molecule has 0 radical (unpaired) electrons. The highest BCUT2D eigenvalue weighted by Crippen LogP contribution is 2.25. The SMILES string of the molecule is CN1CCC(CN(C)c2ccc(N)cc2C(=O)O)C1. The first-order chi connectivity index (χ1) is 8.97. The first kappa shape index (κ1) is 13.7. The van der Waals surface area contributed by atoms with Crippen LogP contribution in [-0.2, 0) is 0 Å². The summed E-state index contributed by atoms with van der Waals surface area (Å²) in [6.07, 6.45) is 1.16. The van der Waals surface area contributed by atoms with Gasteiger partial charge in [0.2, 0.25) is 0 Å². The van der Waals surface area contributed by atoms with Gasteiger partial charge in [-0.05, 0) is 44.1 Å². The number of rotatable bonds is 4. The number of aromatic carboxylic acids is 1. The minimum atomic E-state index is -0.933. The van der Waals surface area contributed by atoms with Crippen LogP contribution in [0, 0.1) is 5.92 Å². The third-order valence-corrected chi connectivity index (χ3v) is 3.68. The first-order valence-electron chi connectivity index (χ1n) is 6.50. The van der Waals surface area contributed by atoms with E-state index in [1.165, 1.54) is 6.07 Å². The quantitative estimate of drug-likeness (QED) is 0.803. The smallest absolute Gasteiger partial charge is 0.337 e. The molecular formula is C14H21N3O2. The fourth-order valence-electron chi connectivity index (χ4n) is 2.72. The third-order valence-electron chi connectivity index (χ3n) is 3.68. The average molecular weight is 263 g/mol. The van der Waals surface area contributed by atoms with E-state index in [-0.39, 0.29) is 5.56 Å². The van der Waals surface area contributed by atoms with Crippen LogP contribution in [0.5, 0.6) is 0 Å². The van der Waals surface area contributed by atoms with Crippen LogP contribution in [0.1, 0.15) is 16.8 Å². The molecule has 1 fully saturated rings. The van der Waals surface area contributed by atoms with E-state index in [0.29, 0.717) is 11.6 Å². The second-order valence-electron chi connectivity index (χ2n) is 5.38. The molecule has 5 heteroatoms. The fraction of sp³-hybridized carbons (Fsp3) is 0.500. The number of anilines is 2. The van der Waals surface area contributed by atoms with Gasteiger partial charge in [0.05, 0.1) is 11.3 Å². The van der Waals surface area contributed by atoms with Gasteiger partial charge in [0.15, 0.2) is 0 Å². The Morgan fingerprint density at radius 1 is 1.58 bits per heavy atom. The van der Waals surface area contributed by atoms with Gasteiger partial charge >= 0.3 is 5.97 Å². The Morgan fingerprint density at radius 3 is 2.89 bits per heavy atom. The molecule has 0 aromatic heterocycles. The molecule has 1 aliphatic rings. The molecule has 5 nitrogen and oxygen atoms in total. The number of nitrogens with two attached hydrogens (primary N) is 1. The molecule has 3 N–H and O–H groups in total. The predicted octanol–water partition coefficient (Wildman–Crippen LogP) is 1.35. The summed E-state index contributed by atoms with van der Waals surface area (Å²) in [5, 5.41) is 9.25. The van der Waals surface area contributed by atoms with Gasteiger partial charge in [-0.3, -0.25) is 0 Å². The van der Waals surface area contributed by atoms with E-state index in [1.54, 1.807) is 12.1 Å². The largest absolute Gasteiger partial charge is 0.478 e. The van der Waals surface area contributed by atoms with Crippen molar-refractivity contribution in [2.45, 2.75) is 6.42 Å². The van der Waals surface area contributed by atoms with E-state index >= 15 is 0 Å². The highest BCUT2D eigenvalue weighted by atomic mass is 16.4. The molecule has 2 rings (SSSR count). The van der Waals surface area contributed by atoms with Gasteiger partial charge in [-0.1, -0.05) is 0 Å². The summed E-state index contributed by atoms with van der Waals surface area (Å²) in [4.78, 5) is 15.6. The van der Waals surface area contributed by atoms with Gasteiger partial charge in [0.25, 0.3) is 0 Å². The maximum Gasteiger partial charge on any atom is 0.337 e. The number of nitrogens with zero attached hydrogens (tertiary/aromatic N) is 2. The maximum absolute atomic E-state index is 11.3. The van der Waals surface area contributed by atoms with Gasteiger partial charge in [-0.15, -0.1) is 0 Å². The van der Waals surface area contributed by atoms with Crippen LogP contribution < -0.4 is 10.6 Å². The fourth-order valence-corrected chi connectivity index (χ4v) is 2.72. The Bertz CT molecular complexity index is 476. The molecule has 1 aromatic rings. The van der Waals surface area contributed by atoms with Crippen LogP contribution in [0.2, 0.25) is 0 Å². The summed E-state index contributed by atoms with van der Waals surface area (Å²) in [5.74, 6) is -0.341. The molecule has 0 aliphatic carbocycles. The van der Waals surface area contributed by atoms with Gasteiger partial charge in [-0.25, -0.2) is 4.79 Å². The Hall–Kier alpha value is -1.75. The average Bonchev–Trinajstić information content (AvgIpc) is 2.74. The van der Waals surface area contributed by atoms with Crippen molar-refractivity contribution in [1.29, 1.82) is 0 Å². The van der Waals surface area contributed by atoms with Crippen LogP contribution in [0.25, 0.3) is 0 Å². The molecular weight excluding hydrogens is 242 g/mol. The van der Waals surface area contributed by atoms with Crippen molar-refractivity contribution in [3.05, 3.63) is 23.8 Å². The normalized spacial score (nSPS) is 19.6. The second kappa shape index (κ2) is 5.48. The lowest BCUT2D eigenvalue weighted by Crippen LogP contribution is -2.28. The summed E-state index contributed by atoms with van der Waals surface area (Å²) in [6.45, 7) is 3.06. The molecule has 1 aromatic carbocycles. The number of carboxylic acids is 1. The van der Waals surface area contributed by atoms with E-state index < -0.39 is 5.97 Å². The molecule has 19 heavy (non-hydrogen) atoms. The molecule has 1 saturated heterocycles. The van der Waals surface area contributed by atoms with Gasteiger partial charge < -0.3 is 20.6 Å². The topological polar surface area (TPSA) is 69.8 Å². The molecule has 1 heterocycles. The summed E-state index contributed by atoms with van der Waals surface area (Å²) >= 11 is 0. The summed E-state index contributed by atoms with van der Waals surface area (Å²) in [6, 6.07) is 5.06. The van der Waals surface area contributed by atoms with Crippen LogP contribution in [0.3, 0.4) is 0 Å². The number of hydrogen-bond acceptors (Lipinski definition) is 4. The van der Waals surface area contributed by atoms with Crippen molar-refractivity contribution in [2.24, 2.45) is 5.92 Å². The number of benzene rings is 1. The summed E-state index contributed by atoms with van der Waals surface area (Å²) in [7, 11) is 4.06. The molecule has 1 aliphatic heterocycles. The predicted molar refractivity (Wildman–Crippen MR) is 76.7 cm³/mol. The Morgan fingerprint density at radius 2 is 2.32 bits per heavy atom. The number of hydrogen-bond donors (Lipinski definition) is 2. The van der Waals surface area contributed by atoms with E-state index in [0.717, 1.165) is 31.7 Å². The minimum absolute atomic E-state index is 0.272. The lowest BCUT2D eigenvalue weighted by Gasteiger charge is -2.24. The van der Waals surface area contributed by atoms with Gasteiger partial charge in [0, 0.05) is 25.8 Å². The standard InChI is InChI=1S/C14H21N3O2/c1-16-6-5-10(8-16)9-17(2)13-4-3-11(15)7-12(13)14(18)19/h3-4,7,10H,5-6,8-9,15H2,1-2H3,(H,18,19). The molecule has 0 amide bonds. The highest BCUT2D eigenvalue weighted by molar-refractivity contribution is 5.95. The van der Waals surface area contributed by atoms with Crippen molar-refractivity contribution in [2.75, 3.05) is 44.4 Å². The first-order valence-corrected chi connectivity index (χ1v) is 6.50. The van der Waals surface area contributed by atoms with Crippen molar-refractivity contribution in [1.82, 2.24) is 4.90 Å². The molecule has 104 valence electrons. The van der Waals surface area contributed by atoms with Crippen molar-refractivity contribution >= 4 is 17.3 Å². The van der Waals surface area contributed by atoms with E-state index in [2.05, 4.69) is 11.9 Å². The Labute approximate surface area is 113 Å². The molecule has 1 atom stereocenters.